The number of phenolic OH excluding ortho intramolecular Hbond substituents is 1. The van der Waals surface area contributed by atoms with E-state index in [2.05, 4.69) is 53.8 Å². The minimum atomic E-state index is -2.04. The number of hydrogen-bond acceptors (Lipinski definition) is 23. The first-order chi connectivity index (χ1) is 44.1. The van der Waals surface area contributed by atoms with Crippen molar-refractivity contribution < 1.29 is 83.5 Å². The Hall–Kier alpha value is -6.91. The maximum atomic E-state index is 14.7. The van der Waals surface area contributed by atoms with E-state index >= 15 is 0 Å². The largest absolute Gasteiger partial charge is 0.504 e. The molecule has 0 saturated carbocycles. The van der Waals surface area contributed by atoms with Crippen LogP contribution in [0.15, 0.2) is 66.7 Å². The SMILES string of the molecule is CCOCCCOC1CCN(c2ccc(-c3nnc(-c4ccc(C(=O)N[C@H]5C[C@@H](O)CNC(=O)[C@@H]6[C@@H](O)[C@@H](C)CN6C(=O)[C@H]([C@H](O)CCN)NC(=O)[C@H]([C@H](O)Cc6ccc(O)c(OCCN)c6)NC(=O)[C@@H]6C[C@@H](O)CN6C(=O)[C@H]([C@@H](C)O)NC5=O)cc4)s3)cc2)CC1.Cl.Cl. The minimum Gasteiger partial charge on any atom is -0.504 e. The predicted molar refractivity (Wildman–Crippen MR) is 349 cm³/mol. The van der Waals surface area contributed by atoms with Crippen LogP contribution < -0.4 is 47.7 Å². The van der Waals surface area contributed by atoms with Crippen LogP contribution in [0.3, 0.4) is 0 Å². The Bertz CT molecular complexity index is 3170. The van der Waals surface area contributed by atoms with Crippen molar-refractivity contribution in [1.82, 2.24) is 46.6 Å². The van der Waals surface area contributed by atoms with Gasteiger partial charge in [0.05, 0.1) is 42.7 Å². The molecule has 0 unspecified atom stereocenters. The summed E-state index contributed by atoms with van der Waals surface area (Å²) in [5.74, 6) is -8.65. The first-order valence-electron chi connectivity index (χ1n) is 31.1. The molecule has 3 aromatic carbocycles. The van der Waals surface area contributed by atoms with Crippen LogP contribution >= 0.6 is 36.2 Å². The van der Waals surface area contributed by atoms with Crippen molar-refractivity contribution in [3.05, 3.63) is 77.9 Å². The lowest BCUT2D eigenvalue weighted by Gasteiger charge is -2.34. The molecule has 29 nitrogen and oxygen atoms in total. The molecule has 32 heteroatoms. The third kappa shape index (κ3) is 19.4. The zero-order valence-corrected chi connectivity index (χ0v) is 54.9. The van der Waals surface area contributed by atoms with E-state index in [4.69, 9.17) is 25.7 Å². The minimum absolute atomic E-state index is 0. The van der Waals surface area contributed by atoms with Gasteiger partial charge in [0.2, 0.25) is 35.4 Å². The van der Waals surface area contributed by atoms with Crippen LogP contribution in [0.25, 0.3) is 21.1 Å². The summed E-state index contributed by atoms with van der Waals surface area (Å²) in [5, 5.41) is 101. The average molecular weight is 1380 g/mol. The fourth-order valence-corrected chi connectivity index (χ4v) is 12.6. The van der Waals surface area contributed by atoms with Gasteiger partial charge < -0.3 is 103 Å². The normalized spacial score (nSPS) is 25.4. The first-order valence-corrected chi connectivity index (χ1v) is 31.9. The van der Waals surface area contributed by atoms with Crippen molar-refractivity contribution in [2.75, 3.05) is 77.1 Å². The van der Waals surface area contributed by atoms with Gasteiger partial charge in [-0.3, -0.25) is 33.6 Å². The smallest absolute Gasteiger partial charge is 0.251 e. The third-order valence-corrected chi connectivity index (χ3v) is 17.8. The summed E-state index contributed by atoms with van der Waals surface area (Å²) in [6.07, 6.45) is -8.93. The van der Waals surface area contributed by atoms with Crippen molar-refractivity contribution in [1.29, 1.82) is 0 Å². The summed E-state index contributed by atoms with van der Waals surface area (Å²) in [6, 6.07) is 7.31. The van der Waals surface area contributed by atoms with Gasteiger partial charge in [-0.15, -0.1) is 35.0 Å². The number of aromatic nitrogens is 2. The number of ether oxygens (including phenoxy) is 3. The summed E-state index contributed by atoms with van der Waals surface area (Å²) in [4.78, 5) is 106. The van der Waals surface area contributed by atoms with Crippen LogP contribution in [-0.2, 0) is 44.7 Å². The van der Waals surface area contributed by atoms with Crippen LogP contribution in [0.5, 0.6) is 11.5 Å². The van der Waals surface area contributed by atoms with Gasteiger partial charge in [-0.05, 0) is 100 Å². The Morgan fingerprint density at radius 3 is 2.02 bits per heavy atom. The van der Waals surface area contributed by atoms with Gasteiger partial charge in [0.15, 0.2) is 11.5 Å². The highest BCUT2D eigenvalue weighted by atomic mass is 35.5. The Kier molecular flexibility index (Phi) is 28.9. The number of hydrogen-bond donors (Lipinski definition) is 14. The van der Waals surface area contributed by atoms with Crippen molar-refractivity contribution in [3.63, 3.8) is 0 Å². The molecular weight excluding hydrogens is 1290 g/mol. The van der Waals surface area contributed by atoms with E-state index in [-0.39, 0.29) is 86.2 Å². The quantitative estimate of drug-likeness (QED) is 0.0421. The van der Waals surface area contributed by atoms with Crippen molar-refractivity contribution in [2.45, 2.75) is 145 Å². The fourth-order valence-electron chi connectivity index (χ4n) is 11.7. The van der Waals surface area contributed by atoms with E-state index in [1.807, 2.05) is 19.1 Å². The number of nitrogens with one attached hydrogen (secondary N) is 5. The van der Waals surface area contributed by atoms with Gasteiger partial charge in [0, 0.05) is 107 Å². The van der Waals surface area contributed by atoms with Crippen LogP contribution in [0.2, 0.25) is 0 Å². The zero-order chi connectivity index (χ0) is 66.3. The van der Waals surface area contributed by atoms with Crippen molar-refractivity contribution >= 4 is 83.2 Å². The fraction of sp³-hybridized carbons (Fsp3) is 0.565. The molecule has 0 radical (unpaired) electrons. The number of amides is 7. The molecule has 5 heterocycles. The number of nitrogens with two attached hydrogens (primary N) is 2. The number of phenols is 1. The number of carbonyl (C=O) groups excluding carboxylic acids is 7. The second kappa shape index (κ2) is 35.7. The summed E-state index contributed by atoms with van der Waals surface area (Å²) < 4.78 is 17.0. The summed E-state index contributed by atoms with van der Waals surface area (Å²) in [7, 11) is 0. The summed E-state index contributed by atoms with van der Waals surface area (Å²) >= 11 is 1.33. The number of piperidine rings is 1. The van der Waals surface area contributed by atoms with Gasteiger partial charge in [-0.25, -0.2) is 0 Å². The number of β-amino-alcohol motifs (C(OH)–C–C–N with tert-alkyl or cyclic N) is 1. The number of anilines is 1. The summed E-state index contributed by atoms with van der Waals surface area (Å²) in [5.41, 5.74) is 14.2. The lowest BCUT2D eigenvalue weighted by Crippen LogP contribution is -2.64. The van der Waals surface area contributed by atoms with Gasteiger partial charge in [-0.2, -0.15) is 0 Å². The Balaban J connectivity index is 0.00000700. The number of aliphatic hydroxyl groups excluding tert-OH is 6. The number of carbonyl (C=O) groups is 7. The lowest BCUT2D eigenvalue weighted by atomic mass is 9.98. The van der Waals surface area contributed by atoms with E-state index in [0.29, 0.717) is 35.4 Å². The molecule has 0 aliphatic carbocycles. The standard InChI is InChI=1S/C62H86N12O17S.2ClH/c1-4-89-23-5-24-90-42-17-21-72(22-18-42)39-13-11-38(12-14-39)60-71-70-59(92-60)37-9-7-36(8-10-37)54(82)66-43-28-40(76)30-65-58(86)52-53(81)33(2)31-74(52)62(88)51(46(79)16-19-63)69-57(85)50(47(80)26-35-6-15-45(78)48(27-35)91-25-20-64)68-56(84)44-29-41(77)32-73(44)61(87)49(34(3)75)67-55(43)83;;/h6-15,27,33-34,40-44,46-47,49-53,75-81H,4-5,16-26,28-32,63-64H2,1-3H3,(H,65,86)(H,66,82)(H,67,83)(H,68,84)(H,69,85);2*1H/t33-,34+,40+,41+,43-,44-,46+,47+,49-,50-,51-,52-,53-;;/m0../s1. The van der Waals surface area contributed by atoms with E-state index in [0.717, 1.165) is 60.3 Å². The van der Waals surface area contributed by atoms with Gasteiger partial charge in [0.1, 0.15) is 52.9 Å². The second-order valence-corrected chi connectivity index (χ2v) is 24.6. The van der Waals surface area contributed by atoms with Crippen molar-refractivity contribution in [2.24, 2.45) is 17.4 Å². The van der Waals surface area contributed by atoms with E-state index in [1.165, 1.54) is 48.6 Å². The van der Waals surface area contributed by atoms with E-state index in [9.17, 15) is 69.3 Å². The number of fused-ring (bicyclic) bond motifs is 2. The molecular formula is C62H88Cl2N12O17S. The Morgan fingerprint density at radius 2 is 1.38 bits per heavy atom. The topological polar surface area (TPSA) is 436 Å². The predicted octanol–water partition coefficient (Wildman–Crippen LogP) is -1.53. The maximum absolute atomic E-state index is 14.7. The Labute approximate surface area is 560 Å². The van der Waals surface area contributed by atoms with Crippen LogP contribution in [0.4, 0.5) is 5.69 Å². The average Bonchev–Trinajstić information content (AvgIpc) is 1.62. The number of aromatic hydroxyl groups is 1. The molecule has 518 valence electrons. The molecule has 7 amide bonds. The van der Waals surface area contributed by atoms with E-state index < -0.39 is 152 Å². The summed E-state index contributed by atoms with van der Waals surface area (Å²) in [6.45, 7) is 6.83. The molecule has 13 atom stereocenters. The highest BCUT2D eigenvalue weighted by Crippen LogP contribution is 2.33. The zero-order valence-electron chi connectivity index (χ0n) is 52.5. The number of halogens is 2. The molecule has 94 heavy (non-hydrogen) atoms. The number of rotatable bonds is 21. The molecule has 4 aromatic rings. The first kappa shape index (κ1) is 76.1. The monoisotopic (exact) mass is 1370 g/mol. The molecule has 4 saturated heterocycles. The number of benzene rings is 3. The molecule has 16 N–H and O–H groups in total. The van der Waals surface area contributed by atoms with Gasteiger partial charge >= 0.3 is 0 Å². The molecule has 4 fully saturated rings. The number of aliphatic hydroxyl groups is 6. The molecule has 4 aliphatic heterocycles. The van der Waals surface area contributed by atoms with Gasteiger partial charge in [-0.1, -0.05) is 36.5 Å². The van der Waals surface area contributed by atoms with Gasteiger partial charge in [0.25, 0.3) is 5.91 Å². The molecule has 0 spiro atoms. The third-order valence-electron chi connectivity index (χ3n) is 16.8. The molecule has 1 aromatic heterocycles. The molecule has 0 bridgehead atoms. The van der Waals surface area contributed by atoms with Crippen LogP contribution in [0.1, 0.15) is 75.2 Å². The van der Waals surface area contributed by atoms with Crippen LogP contribution in [0, 0.1) is 5.92 Å². The molecule has 4 aliphatic rings. The lowest BCUT2D eigenvalue weighted by molar-refractivity contribution is -0.147. The highest BCUT2D eigenvalue weighted by molar-refractivity contribution is 7.17. The van der Waals surface area contributed by atoms with E-state index in [1.54, 1.807) is 12.1 Å². The molecule has 8 rings (SSSR count). The Morgan fingerprint density at radius 1 is 0.745 bits per heavy atom. The second-order valence-electron chi connectivity index (χ2n) is 23.7. The number of nitrogens with zero attached hydrogens (tertiary/aromatic N) is 5. The van der Waals surface area contributed by atoms with Crippen molar-refractivity contribution in [3.8, 4) is 32.6 Å². The van der Waals surface area contributed by atoms with Crippen LogP contribution in [-0.4, -0.2) is 248 Å². The maximum Gasteiger partial charge on any atom is 0.251 e. The highest BCUT2D eigenvalue weighted by Gasteiger charge is 2.50.